The molecule has 2 fully saturated rings. The maximum Gasteiger partial charge on any atom is 0.0465 e. The van der Waals surface area contributed by atoms with Gasteiger partial charge in [0.15, 0.2) is 0 Å². The predicted octanol–water partition coefficient (Wildman–Crippen LogP) is 3.07. The molecule has 0 heterocycles. The Morgan fingerprint density at radius 2 is 2.12 bits per heavy atom. The molecule has 2 aliphatic rings. The second kappa shape index (κ2) is 6.19. The van der Waals surface area contributed by atoms with Crippen molar-refractivity contribution >= 4 is 0 Å². The molecule has 17 heavy (non-hydrogen) atoms. The molecule has 2 rings (SSSR count). The molecule has 0 aromatic carbocycles. The first-order chi connectivity index (χ1) is 8.24. The molecule has 0 aliphatic heterocycles. The Kier molecular flexibility index (Phi) is 4.87. The first-order valence-corrected chi connectivity index (χ1v) is 7.40. The third kappa shape index (κ3) is 3.23. The maximum absolute atomic E-state index is 5.20. The summed E-state index contributed by atoms with van der Waals surface area (Å²) in [6, 6.07) is 0.689. The van der Waals surface area contributed by atoms with Crippen molar-refractivity contribution in [3.05, 3.63) is 0 Å². The van der Waals surface area contributed by atoms with Gasteiger partial charge in [-0.3, -0.25) is 0 Å². The highest BCUT2D eigenvalue weighted by molar-refractivity contribution is 4.92. The van der Waals surface area contributed by atoms with E-state index in [4.69, 9.17) is 4.74 Å². The van der Waals surface area contributed by atoms with Crippen LogP contribution in [0.15, 0.2) is 0 Å². The molecule has 2 nitrogen and oxygen atoms in total. The second-order valence-corrected chi connectivity index (χ2v) is 6.32. The Hall–Kier alpha value is -0.0800. The van der Waals surface area contributed by atoms with Gasteiger partial charge < -0.3 is 10.1 Å². The molecular weight excluding hydrogens is 210 g/mol. The molecule has 0 spiro atoms. The molecule has 1 N–H and O–H groups in total. The van der Waals surface area contributed by atoms with Crippen molar-refractivity contribution in [2.24, 2.45) is 23.7 Å². The lowest BCUT2D eigenvalue weighted by atomic mass is 9.81. The first-order valence-electron chi connectivity index (χ1n) is 7.40. The minimum absolute atomic E-state index is 0.689. The Bertz CT molecular complexity index is 231. The van der Waals surface area contributed by atoms with Crippen LogP contribution in [0, 0.1) is 23.7 Å². The Balaban J connectivity index is 1.78. The molecule has 0 amide bonds. The molecule has 2 aliphatic carbocycles. The summed E-state index contributed by atoms with van der Waals surface area (Å²) in [5.74, 6) is 3.89. The van der Waals surface area contributed by atoms with Crippen molar-refractivity contribution in [3.8, 4) is 0 Å². The highest BCUT2D eigenvalue weighted by Crippen LogP contribution is 2.50. The molecule has 5 unspecified atom stereocenters. The number of methoxy groups -OCH3 is 1. The molecule has 0 radical (unpaired) electrons. The lowest BCUT2D eigenvalue weighted by Crippen LogP contribution is -2.35. The van der Waals surface area contributed by atoms with E-state index in [2.05, 4.69) is 19.3 Å². The number of hydrogen-bond acceptors (Lipinski definition) is 2. The van der Waals surface area contributed by atoms with Crippen molar-refractivity contribution in [2.75, 3.05) is 20.8 Å². The van der Waals surface area contributed by atoms with E-state index >= 15 is 0 Å². The normalized spacial score (nSPS) is 35.1. The topological polar surface area (TPSA) is 21.3 Å². The largest absolute Gasteiger partial charge is 0.385 e. The fourth-order valence-electron chi connectivity index (χ4n) is 4.13. The van der Waals surface area contributed by atoms with Crippen LogP contribution in [0.3, 0.4) is 0 Å². The summed E-state index contributed by atoms with van der Waals surface area (Å²) >= 11 is 0. The van der Waals surface area contributed by atoms with Gasteiger partial charge in [-0.15, -0.1) is 0 Å². The van der Waals surface area contributed by atoms with E-state index in [0.29, 0.717) is 6.04 Å². The summed E-state index contributed by atoms with van der Waals surface area (Å²) in [7, 11) is 3.93. The van der Waals surface area contributed by atoms with E-state index in [1.54, 1.807) is 7.11 Å². The van der Waals surface area contributed by atoms with Crippen LogP contribution < -0.4 is 5.32 Å². The van der Waals surface area contributed by atoms with Gasteiger partial charge in [0.1, 0.15) is 0 Å². The van der Waals surface area contributed by atoms with Gasteiger partial charge in [-0.2, -0.15) is 0 Å². The first kappa shape index (κ1) is 13.4. The lowest BCUT2D eigenvalue weighted by molar-refractivity contribution is 0.162. The Morgan fingerprint density at radius 3 is 2.65 bits per heavy atom. The van der Waals surface area contributed by atoms with Gasteiger partial charge >= 0.3 is 0 Å². The highest BCUT2D eigenvalue weighted by Gasteiger charge is 2.40. The zero-order chi connectivity index (χ0) is 12.3. The zero-order valence-corrected chi connectivity index (χ0v) is 11.7. The molecule has 0 saturated heterocycles. The smallest absolute Gasteiger partial charge is 0.0465 e. The van der Waals surface area contributed by atoms with E-state index in [1.807, 2.05) is 0 Å². The van der Waals surface area contributed by atoms with Crippen LogP contribution in [-0.2, 0) is 4.74 Å². The summed E-state index contributed by atoms with van der Waals surface area (Å²) in [5.41, 5.74) is 0. The average Bonchev–Trinajstić information content (AvgIpc) is 2.94. The number of fused-ring (bicyclic) bond motifs is 2. The van der Waals surface area contributed by atoms with Crippen LogP contribution in [0.2, 0.25) is 0 Å². The van der Waals surface area contributed by atoms with E-state index in [9.17, 15) is 0 Å². The third-order valence-corrected chi connectivity index (χ3v) is 5.28. The van der Waals surface area contributed by atoms with Crippen LogP contribution in [0.5, 0.6) is 0 Å². The van der Waals surface area contributed by atoms with E-state index in [1.165, 1.54) is 38.5 Å². The minimum Gasteiger partial charge on any atom is -0.385 e. The van der Waals surface area contributed by atoms with Crippen molar-refractivity contribution in [1.82, 2.24) is 5.32 Å². The molecule has 2 heteroatoms. The van der Waals surface area contributed by atoms with Gasteiger partial charge in [0.05, 0.1) is 0 Å². The average molecular weight is 239 g/mol. The van der Waals surface area contributed by atoms with Crippen molar-refractivity contribution in [3.63, 3.8) is 0 Å². The monoisotopic (exact) mass is 239 g/mol. The summed E-state index contributed by atoms with van der Waals surface area (Å²) in [4.78, 5) is 0. The lowest BCUT2D eigenvalue weighted by Gasteiger charge is -2.30. The van der Waals surface area contributed by atoms with Gasteiger partial charge in [-0.1, -0.05) is 13.3 Å². The molecule has 0 aromatic heterocycles. The van der Waals surface area contributed by atoms with Crippen molar-refractivity contribution < 1.29 is 4.74 Å². The zero-order valence-electron chi connectivity index (χ0n) is 11.7. The van der Waals surface area contributed by atoms with Crippen LogP contribution in [0.25, 0.3) is 0 Å². The van der Waals surface area contributed by atoms with E-state index < -0.39 is 0 Å². The summed E-state index contributed by atoms with van der Waals surface area (Å²) < 4.78 is 5.20. The molecule has 5 atom stereocenters. The summed E-state index contributed by atoms with van der Waals surface area (Å²) in [6.45, 7) is 3.27. The van der Waals surface area contributed by atoms with E-state index in [0.717, 1.165) is 30.3 Å². The fourth-order valence-corrected chi connectivity index (χ4v) is 4.13. The van der Waals surface area contributed by atoms with Gasteiger partial charge in [0.25, 0.3) is 0 Å². The van der Waals surface area contributed by atoms with Gasteiger partial charge in [-0.25, -0.2) is 0 Å². The standard InChI is InChI=1S/C15H29NO/c1-11(6-7-17-3)15(16-2)10-14-9-12-4-5-13(14)8-12/h11-16H,4-10H2,1-3H3. The van der Waals surface area contributed by atoms with Gasteiger partial charge in [-0.05, 0) is 62.8 Å². The Morgan fingerprint density at radius 1 is 1.29 bits per heavy atom. The minimum atomic E-state index is 0.689. The number of nitrogens with one attached hydrogen (secondary N) is 1. The number of rotatable bonds is 7. The SMILES string of the molecule is CNC(CC1CC2CCC1C2)C(C)CCOC. The van der Waals surface area contributed by atoms with Crippen LogP contribution >= 0.6 is 0 Å². The van der Waals surface area contributed by atoms with Gasteiger partial charge in [0, 0.05) is 19.8 Å². The predicted molar refractivity (Wildman–Crippen MR) is 72.1 cm³/mol. The van der Waals surface area contributed by atoms with Crippen molar-refractivity contribution in [1.29, 1.82) is 0 Å². The Labute approximate surface area is 107 Å². The second-order valence-electron chi connectivity index (χ2n) is 6.32. The van der Waals surface area contributed by atoms with E-state index in [-0.39, 0.29) is 0 Å². The number of hydrogen-bond donors (Lipinski definition) is 1. The molecule has 2 saturated carbocycles. The quantitative estimate of drug-likeness (QED) is 0.737. The van der Waals surface area contributed by atoms with Crippen LogP contribution in [0.1, 0.15) is 45.4 Å². The van der Waals surface area contributed by atoms with Crippen molar-refractivity contribution in [2.45, 2.75) is 51.5 Å². The third-order valence-electron chi connectivity index (χ3n) is 5.28. The highest BCUT2D eigenvalue weighted by atomic mass is 16.5. The summed E-state index contributed by atoms with van der Waals surface area (Å²) in [5, 5.41) is 3.54. The maximum atomic E-state index is 5.20. The molecule has 100 valence electrons. The molecule has 2 bridgehead atoms. The molecular formula is C15H29NO. The molecule has 0 aromatic rings. The van der Waals surface area contributed by atoms with Crippen LogP contribution in [0.4, 0.5) is 0 Å². The summed E-state index contributed by atoms with van der Waals surface area (Å²) in [6.07, 6.45) is 8.65. The van der Waals surface area contributed by atoms with Crippen LogP contribution in [-0.4, -0.2) is 26.8 Å². The fraction of sp³-hybridized carbons (Fsp3) is 1.00. The van der Waals surface area contributed by atoms with Gasteiger partial charge in [0.2, 0.25) is 0 Å². The number of ether oxygens (including phenoxy) is 1.